The average molecular weight is 288 g/mol. The first-order chi connectivity index (χ1) is 9.75. The number of carbonyl (C=O) groups is 1. The Hall–Kier alpha value is -1.69. The van der Waals surface area contributed by atoms with Crippen molar-refractivity contribution in [3.05, 3.63) is 17.8 Å². The van der Waals surface area contributed by atoms with Gasteiger partial charge in [0, 0.05) is 19.1 Å². The van der Waals surface area contributed by atoms with Crippen molar-refractivity contribution in [2.45, 2.75) is 31.8 Å². The molecule has 2 aliphatic rings. The van der Waals surface area contributed by atoms with Crippen LogP contribution >= 0.6 is 11.3 Å². The van der Waals surface area contributed by atoms with Gasteiger partial charge in [0.2, 0.25) is 5.91 Å². The van der Waals surface area contributed by atoms with Gasteiger partial charge < -0.3 is 9.80 Å². The van der Waals surface area contributed by atoms with Crippen molar-refractivity contribution in [2.75, 3.05) is 18.0 Å². The largest absolute Gasteiger partial charge is 0.342 e. The van der Waals surface area contributed by atoms with Gasteiger partial charge in [-0.15, -0.1) is 11.3 Å². The third-order valence-electron chi connectivity index (χ3n) is 4.39. The standard InChI is InChI=1S/C14H16N4OS/c1-9-14(19)17-5-2-3-10(17)7-18(9)13-12-11(4-6-20-12)15-8-16-13/h4,6,8-10H,2-3,5,7H2,1H3/t9-,10-/m1/s1. The fraction of sp³-hybridized carbons (Fsp3) is 0.500. The number of amides is 1. The lowest BCUT2D eigenvalue weighted by atomic mass is 10.1. The third-order valence-corrected chi connectivity index (χ3v) is 5.29. The van der Waals surface area contributed by atoms with Crippen LogP contribution in [-0.2, 0) is 4.79 Å². The second-order valence-corrected chi connectivity index (χ2v) is 6.40. The van der Waals surface area contributed by atoms with Gasteiger partial charge in [-0.05, 0) is 31.2 Å². The zero-order valence-electron chi connectivity index (χ0n) is 11.3. The number of rotatable bonds is 1. The molecule has 2 fully saturated rings. The van der Waals surface area contributed by atoms with E-state index in [0.717, 1.165) is 42.0 Å². The summed E-state index contributed by atoms with van der Waals surface area (Å²) in [6, 6.07) is 2.22. The summed E-state index contributed by atoms with van der Waals surface area (Å²) in [4.78, 5) is 25.5. The zero-order valence-corrected chi connectivity index (χ0v) is 12.1. The maximum Gasteiger partial charge on any atom is 0.245 e. The van der Waals surface area contributed by atoms with Gasteiger partial charge >= 0.3 is 0 Å². The molecule has 20 heavy (non-hydrogen) atoms. The van der Waals surface area contributed by atoms with Gasteiger partial charge in [-0.3, -0.25) is 4.79 Å². The predicted molar refractivity (Wildman–Crippen MR) is 79.0 cm³/mol. The minimum Gasteiger partial charge on any atom is -0.342 e. The maximum atomic E-state index is 12.5. The Kier molecular flexibility index (Phi) is 2.66. The van der Waals surface area contributed by atoms with Gasteiger partial charge in [0.15, 0.2) is 5.82 Å². The number of nitrogens with zero attached hydrogens (tertiary/aromatic N) is 4. The van der Waals surface area contributed by atoms with Crippen LogP contribution in [-0.4, -0.2) is 45.9 Å². The molecule has 6 heteroatoms. The molecule has 0 saturated carbocycles. The fourth-order valence-corrected chi connectivity index (χ4v) is 4.17. The Morgan fingerprint density at radius 3 is 3.15 bits per heavy atom. The summed E-state index contributed by atoms with van der Waals surface area (Å²) in [6.07, 6.45) is 3.82. The molecule has 2 saturated heterocycles. The van der Waals surface area contributed by atoms with Crippen LogP contribution in [0.4, 0.5) is 5.82 Å². The SMILES string of the molecule is C[C@@H]1C(=O)N2CCC[C@@H]2CN1c1ncnc2ccsc12. The van der Waals surface area contributed by atoms with Crippen LogP contribution in [0.15, 0.2) is 17.8 Å². The van der Waals surface area contributed by atoms with Gasteiger partial charge in [-0.1, -0.05) is 0 Å². The molecule has 2 aliphatic heterocycles. The van der Waals surface area contributed by atoms with E-state index in [9.17, 15) is 4.79 Å². The lowest BCUT2D eigenvalue weighted by molar-refractivity contribution is -0.134. The number of hydrogen-bond acceptors (Lipinski definition) is 5. The van der Waals surface area contributed by atoms with Crippen molar-refractivity contribution in [1.29, 1.82) is 0 Å². The summed E-state index contributed by atoms with van der Waals surface area (Å²) >= 11 is 1.64. The van der Waals surface area contributed by atoms with Crippen molar-refractivity contribution in [3.8, 4) is 0 Å². The van der Waals surface area contributed by atoms with E-state index in [2.05, 4.69) is 14.9 Å². The van der Waals surface area contributed by atoms with Crippen molar-refractivity contribution in [1.82, 2.24) is 14.9 Å². The van der Waals surface area contributed by atoms with Crippen LogP contribution in [0.5, 0.6) is 0 Å². The maximum absolute atomic E-state index is 12.5. The minimum atomic E-state index is -0.135. The van der Waals surface area contributed by atoms with Crippen molar-refractivity contribution >= 4 is 33.3 Å². The first kappa shape index (κ1) is 12.1. The highest BCUT2D eigenvalue weighted by molar-refractivity contribution is 7.17. The van der Waals surface area contributed by atoms with E-state index in [1.165, 1.54) is 0 Å². The highest BCUT2D eigenvalue weighted by atomic mass is 32.1. The summed E-state index contributed by atoms with van der Waals surface area (Å²) in [5, 5.41) is 2.03. The molecule has 0 spiro atoms. The van der Waals surface area contributed by atoms with Crippen molar-refractivity contribution in [2.24, 2.45) is 0 Å². The van der Waals surface area contributed by atoms with Gasteiger partial charge in [0.1, 0.15) is 12.4 Å². The van der Waals surface area contributed by atoms with Gasteiger partial charge in [-0.2, -0.15) is 0 Å². The Morgan fingerprint density at radius 1 is 1.35 bits per heavy atom. The summed E-state index contributed by atoms with van der Waals surface area (Å²) in [5.41, 5.74) is 0.966. The van der Waals surface area contributed by atoms with Crippen LogP contribution < -0.4 is 4.90 Å². The summed E-state index contributed by atoms with van der Waals surface area (Å²) in [7, 11) is 0. The lowest BCUT2D eigenvalue weighted by Gasteiger charge is -2.42. The van der Waals surface area contributed by atoms with Gasteiger partial charge in [-0.25, -0.2) is 9.97 Å². The molecule has 2 aromatic heterocycles. The van der Waals surface area contributed by atoms with Gasteiger partial charge in [0.05, 0.1) is 10.2 Å². The normalized spacial score (nSPS) is 26.4. The predicted octanol–water partition coefficient (Wildman–Crippen LogP) is 1.89. The van der Waals surface area contributed by atoms with E-state index in [0.29, 0.717) is 6.04 Å². The molecule has 4 rings (SSSR count). The lowest BCUT2D eigenvalue weighted by Crippen LogP contribution is -2.59. The number of fused-ring (bicyclic) bond motifs is 2. The molecule has 0 N–H and O–H groups in total. The molecule has 0 aromatic carbocycles. The number of anilines is 1. The van der Waals surface area contributed by atoms with Crippen LogP contribution in [0, 0.1) is 0 Å². The average Bonchev–Trinajstić information content (AvgIpc) is 3.10. The van der Waals surface area contributed by atoms with E-state index < -0.39 is 0 Å². The van der Waals surface area contributed by atoms with Crippen LogP contribution in [0.2, 0.25) is 0 Å². The van der Waals surface area contributed by atoms with E-state index in [4.69, 9.17) is 0 Å². The monoisotopic (exact) mass is 288 g/mol. The molecular weight excluding hydrogens is 272 g/mol. The quantitative estimate of drug-likeness (QED) is 0.804. The molecule has 0 unspecified atom stereocenters. The van der Waals surface area contributed by atoms with Crippen LogP contribution in [0.3, 0.4) is 0 Å². The van der Waals surface area contributed by atoms with E-state index >= 15 is 0 Å². The first-order valence-electron chi connectivity index (χ1n) is 7.01. The molecule has 104 valence electrons. The Balaban J connectivity index is 1.77. The Bertz CT molecular complexity index is 670. The molecule has 2 atom stereocenters. The first-order valence-corrected chi connectivity index (χ1v) is 7.89. The molecule has 1 amide bonds. The summed E-state index contributed by atoms with van der Waals surface area (Å²) in [6.45, 7) is 3.79. The van der Waals surface area contributed by atoms with E-state index in [1.54, 1.807) is 17.7 Å². The summed E-state index contributed by atoms with van der Waals surface area (Å²) in [5.74, 6) is 1.15. The molecule has 4 heterocycles. The molecule has 5 nitrogen and oxygen atoms in total. The van der Waals surface area contributed by atoms with E-state index in [-0.39, 0.29) is 11.9 Å². The van der Waals surface area contributed by atoms with Gasteiger partial charge in [0.25, 0.3) is 0 Å². The smallest absolute Gasteiger partial charge is 0.245 e. The topological polar surface area (TPSA) is 49.3 Å². The second kappa shape index (κ2) is 4.41. The van der Waals surface area contributed by atoms with Crippen LogP contribution in [0.1, 0.15) is 19.8 Å². The Morgan fingerprint density at radius 2 is 2.25 bits per heavy atom. The molecule has 2 aromatic rings. The van der Waals surface area contributed by atoms with Crippen LogP contribution in [0.25, 0.3) is 10.2 Å². The number of hydrogen-bond donors (Lipinski definition) is 0. The molecule has 0 aliphatic carbocycles. The van der Waals surface area contributed by atoms with Crippen molar-refractivity contribution < 1.29 is 4.79 Å². The number of piperazine rings is 1. The summed E-state index contributed by atoms with van der Waals surface area (Å²) < 4.78 is 1.08. The van der Waals surface area contributed by atoms with E-state index in [1.807, 2.05) is 23.3 Å². The molecular formula is C14H16N4OS. The number of aromatic nitrogens is 2. The number of carbonyl (C=O) groups excluding carboxylic acids is 1. The number of thiophene rings is 1. The zero-order chi connectivity index (χ0) is 13.7. The Labute approximate surface area is 121 Å². The fourth-order valence-electron chi connectivity index (χ4n) is 3.32. The highest BCUT2D eigenvalue weighted by Crippen LogP contribution is 2.33. The second-order valence-electron chi connectivity index (χ2n) is 5.49. The minimum absolute atomic E-state index is 0.135. The highest BCUT2D eigenvalue weighted by Gasteiger charge is 2.41. The molecule has 0 radical (unpaired) electrons. The van der Waals surface area contributed by atoms with Crippen molar-refractivity contribution in [3.63, 3.8) is 0 Å². The third kappa shape index (κ3) is 1.64. The molecule has 0 bridgehead atoms.